The molecule has 70 valence electrons. The molecule has 1 aliphatic heterocycles. The van der Waals surface area contributed by atoms with E-state index in [9.17, 15) is 10.2 Å². The lowest BCUT2D eigenvalue weighted by atomic mass is 9.76. The lowest BCUT2D eigenvalue weighted by Crippen LogP contribution is -2.58. The topological polar surface area (TPSA) is 49.7 Å². The van der Waals surface area contributed by atoms with Crippen molar-refractivity contribution in [2.45, 2.75) is 49.9 Å². The molecule has 0 aromatic heterocycles. The number of aliphatic hydroxyl groups is 2. The van der Waals surface area contributed by atoms with Gasteiger partial charge in [0, 0.05) is 6.61 Å². The third-order valence-corrected chi connectivity index (χ3v) is 3.14. The molecule has 3 atom stereocenters. The lowest BCUT2D eigenvalue weighted by Gasteiger charge is -2.46. The minimum atomic E-state index is -0.934. The number of aliphatic hydroxyl groups excluding tert-OH is 1. The molecule has 0 aromatic carbocycles. The molecule has 3 heteroatoms. The van der Waals surface area contributed by atoms with Crippen molar-refractivity contribution in [3.05, 3.63) is 0 Å². The summed E-state index contributed by atoms with van der Waals surface area (Å²) in [4.78, 5) is 0. The van der Waals surface area contributed by atoms with Gasteiger partial charge >= 0.3 is 0 Å². The summed E-state index contributed by atoms with van der Waals surface area (Å²) in [6.07, 6.45) is 3.60. The second-order valence-corrected chi connectivity index (χ2v) is 3.90. The SMILES string of the molecule is OC1CCOC2CCCCC12O. The molecule has 3 nitrogen and oxygen atoms in total. The molecule has 0 spiro atoms. The zero-order valence-corrected chi connectivity index (χ0v) is 7.20. The Hall–Kier alpha value is -0.120. The molecule has 0 aromatic rings. The van der Waals surface area contributed by atoms with Crippen molar-refractivity contribution in [1.29, 1.82) is 0 Å². The van der Waals surface area contributed by atoms with Crippen LogP contribution < -0.4 is 0 Å². The van der Waals surface area contributed by atoms with Crippen molar-refractivity contribution in [2.75, 3.05) is 6.61 Å². The van der Waals surface area contributed by atoms with E-state index < -0.39 is 11.7 Å². The van der Waals surface area contributed by atoms with Crippen molar-refractivity contribution >= 4 is 0 Å². The van der Waals surface area contributed by atoms with E-state index in [0.29, 0.717) is 19.4 Å². The van der Waals surface area contributed by atoms with Gasteiger partial charge in [0.05, 0.1) is 12.2 Å². The van der Waals surface area contributed by atoms with Crippen molar-refractivity contribution in [2.24, 2.45) is 0 Å². The zero-order valence-electron chi connectivity index (χ0n) is 7.20. The van der Waals surface area contributed by atoms with Crippen molar-refractivity contribution in [3.63, 3.8) is 0 Å². The van der Waals surface area contributed by atoms with Gasteiger partial charge in [-0.1, -0.05) is 12.8 Å². The molecule has 2 fully saturated rings. The zero-order chi connectivity index (χ0) is 8.60. The Kier molecular flexibility index (Phi) is 2.10. The average Bonchev–Trinajstić information content (AvgIpc) is 2.07. The van der Waals surface area contributed by atoms with Gasteiger partial charge in [-0.2, -0.15) is 0 Å². The van der Waals surface area contributed by atoms with E-state index in [1.165, 1.54) is 0 Å². The summed E-state index contributed by atoms with van der Waals surface area (Å²) in [5.74, 6) is 0. The third kappa shape index (κ3) is 1.16. The first-order valence-electron chi connectivity index (χ1n) is 4.75. The van der Waals surface area contributed by atoms with Crippen LogP contribution in [0.1, 0.15) is 32.1 Å². The smallest absolute Gasteiger partial charge is 0.117 e. The highest BCUT2D eigenvalue weighted by Gasteiger charge is 2.47. The first-order valence-corrected chi connectivity index (χ1v) is 4.75. The largest absolute Gasteiger partial charge is 0.390 e. The fourth-order valence-corrected chi connectivity index (χ4v) is 2.33. The maximum atomic E-state index is 10.1. The summed E-state index contributed by atoms with van der Waals surface area (Å²) >= 11 is 0. The van der Waals surface area contributed by atoms with Crippen LogP contribution in [-0.2, 0) is 4.74 Å². The molecule has 1 saturated heterocycles. The van der Waals surface area contributed by atoms with Crippen LogP contribution in [0.2, 0.25) is 0 Å². The monoisotopic (exact) mass is 172 g/mol. The molecule has 0 radical (unpaired) electrons. The molecule has 1 heterocycles. The van der Waals surface area contributed by atoms with Gasteiger partial charge in [-0.05, 0) is 19.3 Å². The Balaban J connectivity index is 2.14. The van der Waals surface area contributed by atoms with E-state index in [4.69, 9.17) is 4.74 Å². The van der Waals surface area contributed by atoms with Gasteiger partial charge in [0.25, 0.3) is 0 Å². The number of hydrogen-bond acceptors (Lipinski definition) is 3. The summed E-state index contributed by atoms with van der Waals surface area (Å²) in [6.45, 7) is 0.591. The van der Waals surface area contributed by atoms with Crippen LogP contribution in [0.15, 0.2) is 0 Å². The van der Waals surface area contributed by atoms with Gasteiger partial charge in [-0.15, -0.1) is 0 Å². The fraction of sp³-hybridized carbons (Fsp3) is 1.00. The van der Waals surface area contributed by atoms with Crippen LogP contribution in [0.3, 0.4) is 0 Å². The standard InChI is InChI=1S/C9H16O3/c10-7-4-6-12-8-3-1-2-5-9(7,8)11/h7-8,10-11H,1-6H2. The van der Waals surface area contributed by atoms with Gasteiger partial charge < -0.3 is 14.9 Å². The van der Waals surface area contributed by atoms with Gasteiger partial charge in [-0.3, -0.25) is 0 Å². The summed E-state index contributed by atoms with van der Waals surface area (Å²) in [6, 6.07) is 0. The first-order chi connectivity index (χ1) is 5.73. The third-order valence-electron chi connectivity index (χ3n) is 3.14. The minimum Gasteiger partial charge on any atom is -0.390 e. The Morgan fingerprint density at radius 3 is 2.83 bits per heavy atom. The highest BCUT2D eigenvalue weighted by molar-refractivity contribution is 4.98. The van der Waals surface area contributed by atoms with Gasteiger partial charge in [-0.25, -0.2) is 0 Å². The summed E-state index contributed by atoms with van der Waals surface area (Å²) in [5, 5.41) is 19.7. The highest BCUT2D eigenvalue weighted by Crippen LogP contribution is 2.37. The number of fused-ring (bicyclic) bond motifs is 1. The van der Waals surface area contributed by atoms with E-state index in [-0.39, 0.29) is 6.10 Å². The molecular formula is C9H16O3. The Labute approximate surface area is 72.3 Å². The highest BCUT2D eigenvalue weighted by atomic mass is 16.5. The molecule has 3 unspecified atom stereocenters. The van der Waals surface area contributed by atoms with Crippen LogP contribution >= 0.6 is 0 Å². The van der Waals surface area contributed by atoms with E-state index in [0.717, 1.165) is 19.3 Å². The second kappa shape index (κ2) is 2.98. The summed E-state index contributed by atoms with van der Waals surface area (Å²) in [7, 11) is 0. The van der Waals surface area contributed by atoms with Crippen LogP contribution in [0, 0.1) is 0 Å². The molecular weight excluding hydrogens is 156 g/mol. The van der Waals surface area contributed by atoms with Crippen molar-refractivity contribution in [3.8, 4) is 0 Å². The average molecular weight is 172 g/mol. The van der Waals surface area contributed by atoms with Gasteiger partial charge in [0.2, 0.25) is 0 Å². The molecule has 2 rings (SSSR count). The van der Waals surface area contributed by atoms with Crippen LogP contribution in [-0.4, -0.2) is 34.6 Å². The Bertz CT molecular complexity index is 169. The predicted molar refractivity (Wildman–Crippen MR) is 43.8 cm³/mol. The van der Waals surface area contributed by atoms with Crippen LogP contribution in [0.5, 0.6) is 0 Å². The molecule has 0 bridgehead atoms. The van der Waals surface area contributed by atoms with Crippen LogP contribution in [0.4, 0.5) is 0 Å². The minimum absolute atomic E-state index is 0.116. The molecule has 1 saturated carbocycles. The maximum absolute atomic E-state index is 10.1. The first kappa shape index (κ1) is 8.48. The molecule has 2 N–H and O–H groups in total. The molecule has 12 heavy (non-hydrogen) atoms. The van der Waals surface area contributed by atoms with Crippen LogP contribution in [0.25, 0.3) is 0 Å². The second-order valence-electron chi connectivity index (χ2n) is 3.90. The lowest BCUT2D eigenvalue weighted by molar-refractivity contribution is -0.217. The van der Waals surface area contributed by atoms with E-state index >= 15 is 0 Å². The molecule has 0 amide bonds. The Morgan fingerprint density at radius 2 is 2.08 bits per heavy atom. The van der Waals surface area contributed by atoms with E-state index in [1.54, 1.807) is 0 Å². The normalized spacial score (nSPS) is 48.5. The summed E-state index contributed by atoms with van der Waals surface area (Å²) in [5.41, 5.74) is -0.934. The summed E-state index contributed by atoms with van der Waals surface area (Å²) < 4.78 is 5.45. The molecule has 2 aliphatic rings. The number of ether oxygens (including phenoxy) is 1. The number of hydrogen-bond donors (Lipinski definition) is 2. The van der Waals surface area contributed by atoms with Crippen molar-refractivity contribution < 1.29 is 14.9 Å². The quantitative estimate of drug-likeness (QED) is 0.557. The number of rotatable bonds is 0. The maximum Gasteiger partial charge on any atom is 0.117 e. The van der Waals surface area contributed by atoms with E-state index in [1.807, 2.05) is 0 Å². The fourth-order valence-electron chi connectivity index (χ4n) is 2.33. The van der Waals surface area contributed by atoms with E-state index in [2.05, 4.69) is 0 Å². The van der Waals surface area contributed by atoms with Gasteiger partial charge in [0.1, 0.15) is 5.60 Å². The Morgan fingerprint density at radius 1 is 1.25 bits per heavy atom. The predicted octanol–water partition coefficient (Wildman–Crippen LogP) is 0.441. The van der Waals surface area contributed by atoms with Crippen molar-refractivity contribution in [1.82, 2.24) is 0 Å². The molecule has 1 aliphatic carbocycles. The van der Waals surface area contributed by atoms with Gasteiger partial charge in [0.15, 0.2) is 0 Å².